The van der Waals surface area contributed by atoms with Crippen molar-refractivity contribution in [1.29, 1.82) is 0 Å². The van der Waals surface area contributed by atoms with Gasteiger partial charge < -0.3 is 19.4 Å². The number of carbonyl (C=O) groups is 2. The van der Waals surface area contributed by atoms with Crippen LogP contribution in [0.15, 0.2) is 30.5 Å². The fraction of sp³-hybridized carbons (Fsp3) is 0.235. The summed E-state index contributed by atoms with van der Waals surface area (Å²) in [5.74, 6) is -0.201. The molecule has 0 bridgehead atoms. The zero-order valence-electron chi connectivity index (χ0n) is 14.1. The van der Waals surface area contributed by atoms with Crippen LogP contribution in [0.5, 0.6) is 5.75 Å². The predicted octanol–water partition coefficient (Wildman–Crippen LogP) is 2.34. The normalized spacial score (nSPS) is 10.7. The van der Waals surface area contributed by atoms with Crippen LogP contribution in [-0.2, 0) is 11.8 Å². The van der Waals surface area contributed by atoms with E-state index >= 15 is 0 Å². The lowest BCUT2D eigenvalue weighted by atomic mass is 10.2. The van der Waals surface area contributed by atoms with E-state index in [9.17, 15) is 9.59 Å². The molecule has 3 aromatic rings. The number of rotatable bonds is 5. The maximum absolute atomic E-state index is 12.5. The van der Waals surface area contributed by atoms with Crippen molar-refractivity contribution in [2.75, 3.05) is 19.0 Å². The van der Waals surface area contributed by atoms with Crippen molar-refractivity contribution >= 4 is 28.5 Å². The summed E-state index contributed by atoms with van der Waals surface area (Å²) in [7, 11) is 3.26. The number of ether oxygens (including phenoxy) is 2. The standard InChI is InChI=1S/C17H18N4O4/c1-4-25-17(23)14-7-10(9-21(14)2)18-16(22)15-12-8-11(24-3)5-6-13(12)19-20-15/h5-9H,4H2,1-3H3,(H,18,22)(H,19,20). The molecular formula is C17H18N4O4. The molecule has 2 heterocycles. The molecule has 0 radical (unpaired) electrons. The van der Waals surface area contributed by atoms with E-state index in [-0.39, 0.29) is 18.2 Å². The van der Waals surface area contributed by atoms with Crippen LogP contribution in [0.4, 0.5) is 5.69 Å². The zero-order valence-corrected chi connectivity index (χ0v) is 14.1. The molecule has 0 saturated heterocycles. The number of carbonyl (C=O) groups excluding carboxylic acids is 2. The van der Waals surface area contributed by atoms with Gasteiger partial charge in [-0.3, -0.25) is 9.89 Å². The number of amides is 1. The summed E-state index contributed by atoms with van der Waals surface area (Å²) in [6.07, 6.45) is 1.64. The van der Waals surface area contributed by atoms with Gasteiger partial charge in [-0.1, -0.05) is 0 Å². The molecule has 0 aliphatic carbocycles. The Labute approximate surface area is 143 Å². The lowest BCUT2D eigenvalue weighted by Gasteiger charge is -2.02. The van der Waals surface area contributed by atoms with E-state index in [1.807, 2.05) is 0 Å². The minimum absolute atomic E-state index is 0.246. The summed E-state index contributed by atoms with van der Waals surface area (Å²) in [5.41, 5.74) is 1.81. The number of hydrogen-bond donors (Lipinski definition) is 2. The number of H-pyrrole nitrogens is 1. The Morgan fingerprint density at radius 2 is 2.12 bits per heavy atom. The Kier molecular flexibility index (Phi) is 4.42. The monoisotopic (exact) mass is 342 g/mol. The first-order valence-electron chi connectivity index (χ1n) is 7.70. The molecule has 25 heavy (non-hydrogen) atoms. The highest BCUT2D eigenvalue weighted by atomic mass is 16.5. The molecule has 1 aromatic carbocycles. The van der Waals surface area contributed by atoms with Gasteiger partial charge in [-0.2, -0.15) is 5.10 Å². The fourth-order valence-electron chi connectivity index (χ4n) is 2.52. The van der Waals surface area contributed by atoms with Crippen LogP contribution in [0.1, 0.15) is 27.9 Å². The van der Waals surface area contributed by atoms with Gasteiger partial charge in [0.1, 0.15) is 11.4 Å². The van der Waals surface area contributed by atoms with E-state index in [4.69, 9.17) is 9.47 Å². The van der Waals surface area contributed by atoms with E-state index in [1.165, 1.54) is 0 Å². The lowest BCUT2D eigenvalue weighted by Crippen LogP contribution is -2.12. The molecule has 0 saturated carbocycles. The second kappa shape index (κ2) is 6.68. The second-order valence-electron chi connectivity index (χ2n) is 5.38. The van der Waals surface area contributed by atoms with Crippen LogP contribution in [-0.4, -0.2) is 40.4 Å². The number of aryl methyl sites for hydroxylation is 1. The summed E-state index contributed by atoms with van der Waals surface area (Å²) in [4.78, 5) is 24.4. The Morgan fingerprint density at radius 3 is 2.84 bits per heavy atom. The van der Waals surface area contributed by atoms with Crippen LogP contribution < -0.4 is 10.1 Å². The molecule has 0 fully saturated rings. The molecule has 1 amide bonds. The third-order valence-electron chi connectivity index (χ3n) is 3.73. The maximum Gasteiger partial charge on any atom is 0.355 e. The minimum Gasteiger partial charge on any atom is -0.497 e. The first-order chi connectivity index (χ1) is 12.0. The van der Waals surface area contributed by atoms with Crippen molar-refractivity contribution in [3.63, 3.8) is 0 Å². The molecule has 130 valence electrons. The number of nitrogens with one attached hydrogen (secondary N) is 2. The number of hydrogen-bond acceptors (Lipinski definition) is 5. The molecule has 3 rings (SSSR count). The predicted molar refractivity (Wildman–Crippen MR) is 92.0 cm³/mol. The average Bonchev–Trinajstić information content (AvgIpc) is 3.17. The van der Waals surface area contributed by atoms with E-state index in [1.54, 1.807) is 56.1 Å². The number of aromatic amines is 1. The number of methoxy groups -OCH3 is 1. The number of fused-ring (bicyclic) bond motifs is 1. The fourth-order valence-corrected chi connectivity index (χ4v) is 2.52. The molecular weight excluding hydrogens is 324 g/mol. The Morgan fingerprint density at radius 1 is 1.32 bits per heavy atom. The lowest BCUT2D eigenvalue weighted by molar-refractivity contribution is 0.0515. The molecule has 8 heteroatoms. The second-order valence-corrected chi connectivity index (χ2v) is 5.38. The van der Waals surface area contributed by atoms with E-state index in [0.29, 0.717) is 22.5 Å². The summed E-state index contributed by atoms with van der Waals surface area (Å²) in [6, 6.07) is 6.87. The largest absolute Gasteiger partial charge is 0.497 e. The van der Waals surface area contributed by atoms with Gasteiger partial charge in [0, 0.05) is 18.6 Å². The smallest absolute Gasteiger partial charge is 0.355 e. The van der Waals surface area contributed by atoms with Gasteiger partial charge in [0.2, 0.25) is 0 Å². The first kappa shape index (κ1) is 16.6. The van der Waals surface area contributed by atoms with Crippen molar-refractivity contribution in [2.45, 2.75) is 6.92 Å². The van der Waals surface area contributed by atoms with E-state index in [2.05, 4.69) is 15.5 Å². The highest BCUT2D eigenvalue weighted by Crippen LogP contribution is 2.23. The van der Waals surface area contributed by atoms with Crippen molar-refractivity contribution in [3.8, 4) is 5.75 Å². The Bertz CT molecular complexity index is 941. The molecule has 0 aliphatic heterocycles. The highest BCUT2D eigenvalue weighted by molar-refractivity contribution is 6.11. The SMILES string of the molecule is CCOC(=O)c1cc(NC(=O)c2n[nH]c3ccc(OC)cc23)cn1C. The molecule has 0 atom stereocenters. The molecule has 0 aliphatic rings. The van der Waals surface area contributed by atoms with Crippen molar-refractivity contribution in [3.05, 3.63) is 41.9 Å². The van der Waals surface area contributed by atoms with Gasteiger partial charge in [-0.25, -0.2) is 4.79 Å². The number of aromatic nitrogens is 3. The Balaban J connectivity index is 1.85. The summed E-state index contributed by atoms with van der Waals surface area (Å²) in [5, 5.41) is 10.3. The van der Waals surface area contributed by atoms with Crippen molar-refractivity contribution in [2.24, 2.45) is 7.05 Å². The summed E-state index contributed by atoms with van der Waals surface area (Å²) < 4.78 is 11.8. The minimum atomic E-state index is -0.444. The van der Waals surface area contributed by atoms with Crippen LogP contribution in [0.25, 0.3) is 10.9 Å². The quantitative estimate of drug-likeness (QED) is 0.694. The third-order valence-corrected chi connectivity index (χ3v) is 3.73. The zero-order chi connectivity index (χ0) is 18.0. The number of esters is 1. The molecule has 2 N–H and O–H groups in total. The van der Waals surface area contributed by atoms with E-state index in [0.717, 1.165) is 5.52 Å². The first-order valence-corrected chi connectivity index (χ1v) is 7.70. The van der Waals surface area contributed by atoms with Gasteiger partial charge in [0.25, 0.3) is 5.91 Å². The summed E-state index contributed by atoms with van der Waals surface area (Å²) >= 11 is 0. The number of benzene rings is 1. The maximum atomic E-state index is 12.5. The number of anilines is 1. The topological polar surface area (TPSA) is 98.2 Å². The van der Waals surface area contributed by atoms with Gasteiger partial charge >= 0.3 is 5.97 Å². The van der Waals surface area contributed by atoms with Crippen LogP contribution in [0.2, 0.25) is 0 Å². The molecule has 2 aromatic heterocycles. The van der Waals surface area contributed by atoms with Gasteiger partial charge in [-0.15, -0.1) is 0 Å². The van der Waals surface area contributed by atoms with E-state index < -0.39 is 5.97 Å². The summed E-state index contributed by atoms with van der Waals surface area (Å²) in [6.45, 7) is 2.02. The molecule has 0 spiro atoms. The van der Waals surface area contributed by atoms with Crippen molar-refractivity contribution < 1.29 is 19.1 Å². The van der Waals surface area contributed by atoms with Crippen LogP contribution in [0, 0.1) is 0 Å². The molecule has 0 unspecified atom stereocenters. The van der Waals surface area contributed by atoms with Gasteiger partial charge in [0.05, 0.1) is 24.9 Å². The van der Waals surface area contributed by atoms with Gasteiger partial charge in [0.15, 0.2) is 5.69 Å². The van der Waals surface area contributed by atoms with Crippen LogP contribution >= 0.6 is 0 Å². The van der Waals surface area contributed by atoms with Crippen LogP contribution in [0.3, 0.4) is 0 Å². The van der Waals surface area contributed by atoms with Gasteiger partial charge in [-0.05, 0) is 31.2 Å². The average molecular weight is 342 g/mol. The van der Waals surface area contributed by atoms with Crippen molar-refractivity contribution in [1.82, 2.24) is 14.8 Å². The highest BCUT2D eigenvalue weighted by Gasteiger charge is 2.18. The third kappa shape index (κ3) is 3.18. The molecule has 8 nitrogen and oxygen atoms in total. The number of nitrogens with zero attached hydrogens (tertiary/aromatic N) is 2. The Hall–Kier alpha value is -3.29.